The highest BCUT2D eigenvalue weighted by atomic mass is 16.2. The standard InChI is InChI=1S/C20H35N3O/c24-20(23-12-4-6-17-5-1-2-8-19(17)23)15-22-13-9-16(10-14-22)18-7-3-11-21-18/h16-19,21H,1-15H2. The lowest BCUT2D eigenvalue weighted by Crippen LogP contribution is -2.53. The van der Waals surface area contributed by atoms with Crippen LogP contribution in [0.3, 0.4) is 0 Å². The van der Waals surface area contributed by atoms with E-state index in [0.717, 1.165) is 37.5 Å². The van der Waals surface area contributed by atoms with Gasteiger partial charge in [-0.3, -0.25) is 9.69 Å². The predicted molar refractivity (Wildman–Crippen MR) is 96.9 cm³/mol. The molecule has 0 aromatic carbocycles. The van der Waals surface area contributed by atoms with E-state index >= 15 is 0 Å². The Labute approximate surface area is 147 Å². The maximum Gasteiger partial charge on any atom is 0.237 e. The van der Waals surface area contributed by atoms with Gasteiger partial charge in [-0.15, -0.1) is 0 Å². The van der Waals surface area contributed by atoms with Gasteiger partial charge >= 0.3 is 0 Å². The lowest BCUT2D eigenvalue weighted by Gasteiger charge is -2.45. The van der Waals surface area contributed by atoms with Gasteiger partial charge in [0, 0.05) is 18.6 Å². The molecule has 24 heavy (non-hydrogen) atoms. The largest absolute Gasteiger partial charge is 0.338 e. The van der Waals surface area contributed by atoms with Gasteiger partial charge in [-0.2, -0.15) is 0 Å². The summed E-state index contributed by atoms with van der Waals surface area (Å²) in [5.74, 6) is 2.07. The summed E-state index contributed by atoms with van der Waals surface area (Å²) in [6.45, 7) is 5.14. The van der Waals surface area contributed by atoms with Crippen LogP contribution in [-0.4, -0.2) is 60.5 Å². The molecular formula is C20H35N3O. The first-order chi connectivity index (χ1) is 11.8. The number of hydrogen-bond acceptors (Lipinski definition) is 3. The van der Waals surface area contributed by atoms with Crippen LogP contribution in [0.15, 0.2) is 0 Å². The molecule has 1 saturated carbocycles. The van der Waals surface area contributed by atoms with Crippen LogP contribution in [0.5, 0.6) is 0 Å². The summed E-state index contributed by atoms with van der Waals surface area (Å²) in [6.07, 6.45) is 13.2. The molecule has 1 aliphatic carbocycles. The molecule has 0 spiro atoms. The molecule has 3 heterocycles. The van der Waals surface area contributed by atoms with E-state index in [0.29, 0.717) is 18.5 Å². The van der Waals surface area contributed by atoms with Crippen LogP contribution in [0.4, 0.5) is 0 Å². The zero-order valence-electron chi connectivity index (χ0n) is 15.2. The minimum Gasteiger partial charge on any atom is -0.338 e. The Bertz CT molecular complexity index is 425. The summed E-state index contributed by atoms with van der Waals surface area (Å²) in [4.78, 5) is 17.6. The SMILES string of the molecule is O=C(CN1CCC(C2CCCN2)CC1)N1CCCC2CCCCC21. The van der Waals surface area contributed by atoms with Crippen LogP contribution in [0.2, 0.25) is 0 Å². The smallest absolute Gasteiger partial charge is 0.237 e. The minimum absolute atomic E-state index is 0.420. The highest BCUT2D eigenvalue weighted by molar-refractivity contribution is 5.78. The lowest BCUT2D eigenvalue weighted by atomic mass is 9.78. The first-order valence-electron chi connectivity index (χ1n) is 10.6. The first-order valence-corrected chi connectivity index (χ1v) is 10.6. The summed E-state index contributed by atoms with van der Waals surface area (Å²) in [7, 11) is 0. The van der Waals surface area contributed by atoms with Crippen molar-refractivity contribution in [3.8, 4) is 0 Å². The molecule has 4 aliphatic rings. The van der Waals surface area contributed by atoms with E-state index in [4.69, 9.17) is 0 Å². The number of piperidine rings is 2. The van der Waals surface area contributed by atoms with Crippen LogP contribution < -0.4 is 5.32 Å². The molecule has 0 bridgehead atoms. The molecule has 4 rings (SSSR count). The lowest BCUT2D eigenvalue weighted by molar-refractivity contribution is -0.139. The number of likely N-dealkylation sites (tertiary alicyclic amines) is 2. The van der Waals surface area contributed by atoms with Crippen LogP contribution >= 0.6 is 0 Å². The number of carbonyl (C=O) groups is 1. The molecule has 3 aliphatic heterocycles. The number of hydrogen-bond donors (Lipinski definition) is 1. The van der Waals surface area contributed by atoms with E-state index in [2.05, 4.69) is 15.1 Å². The summed E-state index contributed by atoms with van der Waals surface area (Å²) in [5, 5.41) is 3.67. The summed E-state index contributed by atoms with van der Waals surface area (Å²) >= 11 is 0. The second-order valence-corrected chi connectivity index (χ2v) is 8.66. The maximum atomic E-state index is 12.9. The highest BCUT2D eigenvalue weighted by Gasteiger charge is 2.36. The molecule has 0 aromatic rings. The number of amides is 1. The number of nitrogens with one attached hydrogen (secondary N) is 1. The van der Waals surface area contributed by atoms with Crippen molar-refractivity contribution in [2.75, 3.05) is 32.7 Å². The van der Waals surface area contributed by atoms with Crippen molar-refractivity contribution < 1.29 is 4.79 Å². The molecule has 0 aromatic heterocycles. The zero-order valence-corrected chi connectivity index (χ0v) is 15.2. The summed E-state index contributed by atoms with van der Waals surface area (Å²) < 4.78 is 0. The average molecular weight is 334 g/mol. The summed E-state index contributed by atoms with van der Waals surface area (Å²) in [6, 6.07) is 1.33. The minimum atomic E-state index is 0.420. The third-order valence-corrected chi connectivity index (χ3v) is 7.22. The molecule has 1 N–H and O–H groups in total. The Balaban J connectivity index is 1.27. The van der Waals surface area contributed by atoms with Crippen molar-refractivity contribution in [2.24, 2.45) is 11.8 Å². The first kappa shape index (κ1) is 16.8. The average Bonchev–Trinajstić information content (AvgIpc) is 3.16. The van der Waals surface area contributed by atoms with Crippen molar-refractivity contribution in [3.05, 3.63) is 0 Å². The van der Waals surface area contributed by atoms with Gasteiger partial charge in [0.1, 0.15) is 0 Å². The Morgan fingerprint density at radius 1 is 0.833 bits per heavy atom. The fourth-order valence-electron chi connectivity index (χ4n) is 5.84. The van der Waals surface area contributed by atoms with E-state index in [1.165, 1.54) is 70.8 Å². The Morgan fingerprint density at radius 2 is 1.62 bits per heavy atom. The quantitative estimate of drug-likeness (QED) is 0.862. The fourth-order valence-corrected chi connectivity index (χ4v) is 5.84. The molecular weight excluding hydrogens is 298 g/mol. The van der Waals surface area contributed by atoms with Crippen molar-refractivity contribution in [3.63, 3.8) is 0 Å². The van der Waals surface area contributed by atoms with Gasteiger partial charge in [0.15, 0.2) is 0 Å². The molecule has 4 heteroatoms. The highest BCUT2D eigenvalue weighted by Crippen LogP contribution is 2.35. The van der Waals surface area contributed by atoms with Gasteiger partial charge in [-0.05, 0) is 82.8 Å². The van der Waals surface area contributed by atoms with Crippen molar-refractivity contribution >= 4 is 5.91 Å². The van der Waals surface area contributed by atoms with Gasteiger partial charge in [0.2, 0.25) is 5.91 Å². The fraction of sp³-hybridized carbons (Fsp3) is 0.950. The number of nitrogens with zero attached hydrogens (tertiary/aromatic N) is 2. The van der Waals surface area contributed by atoms with Gasteiger partial charge in [-0.25, -0.2) is 0 Å². The number of carbonyl (C=O) groups excluding carboxylic acids is 1. The van der Waals surface area contributed by atoms with Crippen LogP contribution in [0, 0.1) is 11.8 Å². The second-order valence-electron chi connectivity index (χ2n) is 8.66. The maximum absolute atomic E-state index is 12.9. The Morgan fingerprint density at radius 3 is 2.42 bits per heavy atom. The topological polar surface area (TPSA) is 35.6 Å². The van der Waals surface area contributed by atoms with Crippen LogP contribution in [-0.2, 0) is 4.79 Å². The van der Waals surface area contributed by atoms with Gasteiger partial charge < -0.3 is 10.2 Å². The normalized spacial score (nSPS) is 35.8. The van der Waals surface area contributed by atoms with Crippen molar-refractivity contribution in [1.82, 2.24) is 15.1 Å². The number of fused-ring (bicyclic) bond motifs is 1. The second kappa shape index (κ2) is 7.74. The predicted octanol–water partition coefficient (Wildman–Crippen LogP) is 2.63. The van der Waals surface area contributed by atoms with Gasteiger partial charge in [0.25, 0.3) is 0 Å². The Kier molecular flexibility index (Phi) is 5.43. The molecule has 4 nitrogen and oxygen atoms in total. The van der Waals surface area contributed by atoms with Crippen LogP contribution in [0.1, 0.15) is 64.2 Å². The van der Waals surface area contributed by atoms with Gasteiger partial charge in [0.05, 0.1) is 6.54 Å². The third kappa shape index (κ3) is 3.65. The molecule has 136 valence electrons. The molecule has 3 saturated heterocycles. The molecule has 4 fully saturated rings. The molecule has 0 radical (unpaired) electrons. The van der Waals surface area contributed by atoms with E-state index in [-0.39, 0.29) is 0 Å². The van der Waals surface area contributed by atoms with E-state index in [9.17, 15) is 4.79 Å². The van der Waals surface area contributed by atoms with Gasteiger partial charge in [-0.1, -0.05) is 12.8 Å². The van der Waals surface area contributed by atoms with E-state index < -0.39 is 0 Å². The van der Waals surface area contributed by atoms with Crippen LogP contribution in [0.25, 0.3) is 0 Å². The Hall–Kier alpha value is -0.610. The molecule has 1 amide bonds. The molecule has 3 unspecified atom stereocenters. The van der Waals surface area contributed by atoms with Crippen molar-refractivity contribution in [2.45, 2.75) is 76.3 Å². The zero-order chi connectivity index (χ0) is 16.4. The molecule has 3 atom stereocenters. The van der Waals surface area contributed by atoms with Crippen molar-refractivity contribution in [1.29, 1.82) is 0 Å². The number of rotatable bonds is 3. The third-order valence-electron chi connectivity index (χ3n) is 7.22. The summed E-state index contributed by atoms with van der Waals surface area (Å²) in [5.41, 5.74) is 0. The van der Waals surface area contributed by atoms with E-state index in [1.54, 1.807) is 0 Å². The van der Waals surface area contributed by atoms with E-state index in [1.807, 2.05) is 0 Å². The monoisotopic (exact) mass is 333 g/mol.